The van der Waals surface area contributed by atoms with Crippen LogP contribution in [0.2, 0.25) is 0 Å². The molecule has 0 radical (unpaired) electrons. The maximum absolute atomic E-state index is 14.3. The van der Waals surface area contributed by atoms with Crippen molar-refractivity contribution in [2.24, 2.45) is 0 Å². The zero-order valence-electron chi connectivity index (χ0n) is 17.8. The van der Waals surface area contributed by atoms with E-state index in [1.54, 1.807) is 23.2 Å². The first-order chi connectivity index (χ1) is 16.1. The molecular formula is C24H23FN4O3S. The molecular weight excluding hydrogens is 443 g/mol. The quantitative estimate of drug-likeness (QED) is 0.505. The number of ether oxygens (including phenoxy) is 1. The third kappa shape index (κ3) is 4.65. The van der Waals surface area contributed by atoms with E-state index in [-0.39, 0.29) is 23.9 Å². The first-order valence-electron chi connectivity index (χ1n) is 10.9. The van der Waals surface area contributed by atoms with E-state index in [0.29, 0.717) is 43.1 Å². The van der Waals surface area contributed by atoms with Crippen LogP contribution < -0.4 is 15.5 Å². The zero-order chi connectivity index (χ0) is 22.8. The maximum atomic E-state index is 14.3. The third-order valence-electron chi connectivity index (χ3n) is 5.80. The van der Waals surface area contributed by atoms with Gasteiger partial charge >= 0.3 is 6.09 Å². The Hall–Kier alpha value is -3.17. The highest BCUT2D eigenvalue weighted by atomic mass is 32.2. The minimum atomic E-state index is -0.381. The first-order valence-corrected chi connectivity index (χ1v) is 11.8. The molecule has 2 amide bonds. The van der Waals surface area contributed by atoms with Crippen molar-refractivity contribution in [3.8, 4) is 0 Å². The van der Waals surface area contributed by atoms with Crippen molar-refractivity contribution in [3.63, 3.8) is 0 Å². The number of carbonyl (C=O) groups excluding carboxylic acids is 2. The van der Waals surface area contributed by atoms with Gasteiger partial charge in [0.1, 0.15) is 11.9 Å². The Balaban J connectivity index is 1.13. The van der Waals surface area contributed by atoms with Gasteiger partial charge in [-0.15, -0.1) is 11.8 Å². The number of hydrogen-bond donors (Lipinski definition) is 2. The standard InChI is InChI=1S/C24H23FN4O3S/c25-19-6-7-20-17(4-2-10-27-20)18(19)12-26-9-1-3-16-13-29(24(31)32-16)15-5-8-22-21(11-15)28-23(30)14-33-22/h2,4-8,10-11,16,26H,1,3,9,12-14H2,(H,28,30)/t16-/m1/s1. The number of carbonyl (C=O) groups is 2. The van der Waals surface area contributed by atoms with Crippen LogP contribution in [0.3, 0.4) is 0 Å². The van der Waals surface area contributed by atoms with E-state index in [4.69, 9.17) is 4.74 Å². The Morgan fingerprint density at radius 1 is 1.24 bits per heavy atom. The monoisotopic (exact) mass is 466 g/mol. The fourth-order valence-electron chi connectivity index (χ4n) is 4.16. The molecule has 2 aromatic carbocycles. The summed E-state index contributed by atoms with van der Waals surface area (Å²) in [5.74, 6) is 0.111. The van der Waals surface area contributed by atoms with Crippen molar-refractivity contribution in [1.29, 1.82) is 0 Å². The second kappa shape index (κ2) is 9.36. The van der Waals surface area contributed by atoms with Crippen molar-refractivity contribution in [2.75, 3.05) is 29.1 Å². The molecule has 3 aromatic rings. The number of nitrogens with one attached hydrogen (secondary N) is 2. The predicted octanol–water partition coefficient (Wildman–Crippen LogP) is 4.31. The minimum absolute atomic E-state index is 0.0429. The molecule has 1 aromatic heterocycles. The Labute approximate surface area is 194 Å². The lowest BCUT2D eigenvalue weighted by Gasteiger charge is -2.20. The van der Waals surface area contributed by atoms with Gasteiger partial charge in [0, 0.05) is 34.3 Å². The highest BCUT2D eigenvalue weighted by molar-refractivity contribution is 8.00. The van der Waals surface area contributed by atoms with E-state index >= 15 is 0 Å². The molecule has 1 fully saturated rings. The van der Waals surface area contributed by atoms with Crippen LogP contribution in [-0.4, -0.2) is 41.9 Å². The van der Waals surface area contributed by atoms with Gasteiger partial charge in [0.05, 0.1) is 23.5 Å². The summed E-state index contributed by atoms with van der Waals surface area (Å²) in [5, 5.41) is 6.95. The lowest BCUT2D eigenvalue weighted by atomic mass is 10.1. The highest BCUT2D eigenvalue weighted by Crippen LogP contribution is 2.35. The number of halogens is 1. The predicted molar refractivity (Wildman–Crippen MR) is 126 cm³/mol. The summed E-state index contributed by atoms with van der Waals surface area (Å²) in [6, 6.07) is 12.4. The van der Waals surface area contributed by atoms with Crippen molar-refractivity contribution in [2.45, 2.75) is 30.4 Å². The summed E-state index contributed by atoms with van der Waals surface area (Å²) in [6.07, 6.45) is 2.59. The Morgan fingerprint density at radius 2 is 2.15 bits per heavy atom. The average molecular weight is 467 g/mol. The molecule has 5 rings (SSSR count). The van der Waals surface area contributed by atoms with Gasteiger partial charge < -0.3 is 15.4 Å². The molecule has 33 heavy (non-hydrogen) atoms. The first kappa shape index (κ1) is 21.7. The number of amides is 2. The van der Waals surface area contributed by atoms with E-state index in [2.05, 4.69) is 15.6 Å². The summed E-state index contributed by atoms with van der Waals surface area (Å²) in [6.45, 7) is 1.54. The largest absolute Gasteiger partial charge is 0.444 e. The maximum Gasteiger partial charge on any atom is 0.414 e. The van der Waals surface area contributed by atoms with E-state index in [1.165, 1.54) is 17.8 Å². The molecule has 0 saturated carbocycles. The van der Waals surface area contributed by atoms with Crippen LogP contribution in [0.4, 0.5) is 20.6 Å². The van der Waals surface area contributed by atoms with Crippen molar-refractivity contribution < 1.29 is 18.7 Å². The van der Waals surface area contributed by atoms with Crippen molar-refractivity contribution in [1.82, 2.24) is 10.3 Å². The van der Waals surface area contributed by atoms with Gasteiger partial charge in [-0.25, -0.2) is 9.18 Å². The van der Waals surface area contributed by atoms with Crippen LogP contribution in [0.15, 0.2) is 53.6 Å². The van der Waals surface area contributed by atoms with Crippen LogP contribution in [0, 0.1) is 5.82 Å². The van der Waals surface area contributed by atoms with Gasteiger partial charge in [-0.3, -0.25) is 14.7 Å². The van der Waals surface area contributed by atoms with E-state index in [0.717, 1.165) is 27.9 Å². The van der Waals surface area contributed by atoms with E-state index < -0.39 is 0 Å². The SMILES string of the molecule is O=C1CSc2ccc(N3C[C@@H](CCCNCc4c(F)ccc5ncccc45)OC3=O)cc2N1. The van der Waals surface area contributed by atoms with Gasteiger partial charge in [0.15, 0.2) is 0 Å². The summed E-state index contributed by atoms with van der Waals surface area (Å²) < 4.78 is 19.8. The number of aromatic nitrogens is 1. The van der Waals surface area contributed by atoms with Gasteiger partial charge in [-0.2, -0.15) is 0 Å². The number of fused-ring (bicyclic) bond motifs is 2. The molecule has 2 aliphatic rings. The number of hydrogen-bond acceptors (Lipinski definition) is 6. The lowest BCUT2D eigenvalue weighted by Crippen LogP contribution is -2.25. The molecule has 1 atom stereocenters. The van der Waals surface area contributed by atoms with Crippen LogP contribution in [0.25, 0.3) is 10.9 Å². The third-order valence-corrected chi connectivity index (χ3v) is 6.88. The summed E-state index contributed by atoms with van der Waals surface area (Å²) in [4.78, 5) is 30.9. The fraction of sp³-hybridized carbons (Fsp3) is 0.292. The molecule has 0 unspecified atom stereocenters. The number of pyridine rings is 1. The lowest BCUT2D eigenvalue weighted by molar-refractivity contribution is -0.113. The molecule has 9 heteroatoms. The van der Waals surface area contributed by atoms with Gasteiger partial charge in [0.2, 0.25) is 5.91 Å². The number of nitrogens with zero attached hydrogens (tertiary/aromatic N) is 2. The molecule has 0 aliphatic carbocycles. The molecule has 170 valence electrons. The number of rotatable bonds is 7. The van der Waals surface area contributed by atoms with Crippen LogP contribution in [0.1, 0.15) is 18.4 Å². The topological polar surface area (TPSA) is 83.6 Å². The average Bonchev–Trinajstić information content (AvgIpc) is 3.20. The van der Waals surface area contributed by atoms with Crippen molar-refractivity contribution in [3.05, 3.63) is 60.0 Å². The number of cyclic esters (lactones) is 1. The fourth-order valence-corrected chi connectivity index (χ4v) is 4.94. The van der Waals surface area contributed by atoms with Crippen molar-refractivity contribution >= 4 is 46.0 Å². The second-order valence-electron chi connectivity index (χ2n) is 8.05. The summed E-state index contributed by atoms with van der Waals surface area (Å²) in [7, 11) is 0. The van der Waals surface area contributed by atoms with E-state index in [9.17, 15) is 14.0 Å². The Bertz CT molecular complexity index is 1220. The Kier molecular flexibility index (Phi) is 6.15. The molecule has 0 spiro atoms. The molecule has 3 heterocycles. The number of thioether (sulfide) groups is 1. The number of anilines is 2. The highest BCUT2D eigenvalue weighted by Gasteiger charge is 2.32. The molecule has 2 aliphatic heterocycles. The minimum Gasteiger partial charge on any atom is -0.444 e. The summed E-state index contributed by atoms with van der Waals surface area (Å²) in [5.41, 5.74) is 2.82. The zero-order valence-corrected chi connectivity index (χ0v) is 18.7. The normalized spacial score (nSPS) is 17.7. The molecule has 1 saturated heterocycles. The number of benzene rings is 2. The van der Waals surface area contributed by atoms with Crippen LogP contribution >= 0.6 is 11.8 Å². The summed E-state index contributed by atoms with van der Waals surface area (Å²) >= 11 is 1.48. The van der Waals surface area contributed by atoms with Gasteiger partial charge in [-0.05, 0) is 55.8 Å². The van der Waals surface area contributed by atoms with Crippen LogP contribution in [-0.2, 0) is 16.1 Å². The van der Waals surface area contributed by atoms with Gasteiger partial charge in [0.25, 0.3) is 0 Å². The smallest absolute Gasteiger partial charge is 0.414 e. The Morgan fingerprint density at radius 3 is 3.06 bits per heavy atom. The molecule has 0 bridgehead atoms. The molecule has 2 N–H and O–H groups in total. The second-order valence-corrected chi connectivity index (χ2v) is 9.07. The van der Waals surface area contributed by atoms with Crippen LogP contribution in [0.5, 0.6) is 0 Å². The van der Waals surface area contributed by atoms with E-state index in [1.807, 2.05) is 24.3 Å². The van der Waals surface area contributed by atoms with Gasteiger partial charge in [-0.1, -0.05) is 6.07 Å². The molecule has 7 nitrogen and oxygen atoms in total.